The number of aliphatic hydroxyl groups is 1. The quantitative estimate of drug-likeness (QED) is 0.759. The molecule has 4 heteroatoms. The average molecular weight is 286 g/mol. The van der Waals surface area contributed by atoms with Crippen LogP contribution in [0.4, 0.5) is 0 Å². The Labute approximate surface area is 124 Å². The molecule has 1 fully saturated rings. The van der Waals surface area contributed by atoms with Gasteiger partial charge in [0.05, 0.1) is 5.60 Å². The van der Waals surface area contributed by atoms with Gasteiger partial charge in [-0.2, -0.15) is 0 Å². The zero-order valence-corrected chi connectivity index (χ0v) is 12.2. The number of rotatable bonds is 3. The lowest BCUT2D eigenvalue weighted by atomic mass is 9.94. The highest BCUT2D eigenvalue weighted by Gasteiger charge is 2.28. The maximum atomic E-state index is 12.4. The Morgan fingerprint density at radius 3 is 2.71 bits per heavy atom. The van der Waals surface area contributed by atoms with E-state index < -0.39 is 5.60 Å². The molecular weight excluding hydrogens is 264 g/mol. The lowest BCUT2D eigenvalue weighted by molar-refractivity contribution is 0.0247. The van der Waals surface area contributed by atoms with Gasteiger partial charge < -0.3 is 15.4 Å². The van der Waals surface area contributed by atoms with Gasteiger partial charge in [-0.25, -0.2) is 0 Å². The predicted molar refractivity (Wildman–Crippen MR) is 83.3 cm³/mol. The van der Waals surface area contributed by atoms with E-state index in [1.807, 2.05) is 30.5 Å². The van der Waals surface area contributed by atoms with E-state index in [1.165, 1.54) is 12.8 Å². The Hall–Kier alpha value is -1.81. The van der Waals surface area contributed by atoms with Gasteiger partial charge in [0.15, 0.2) is 0 Å². The third kappa shape index (κ3) is 3.10. The van der Waals surface area contributed by atoms with Crippen molar-refractivity contribution < 1.29 is 9.90 Å². The highest BCUT2D eigenvalue weighted by molar-refractivity contribution is 6.06. The standard InChI is InChI=1S/C17H22N2O2/c20-16(14-6-5-7-15-13(14)8-11-18-15)19-12-17(21)9-3-1-2-4-10-17/h5-8,11,18,21H,1-4,9-10,12H2,(H,19,20). The van der Waals surface area contributed by atoms with Crippen molar-refractivity contribution in [3.8, 4) is 0 Å². The first-order valence-electron chi connectivity index (χ1n) is 7.75. The Bertz CT molecular complexity index is 625. The molecule has 0 atom stereocenters. The number of aromatic nitrogens is 1. The van der Waals surface area contributed by atoms with Crippen LogP contribution in [0.2, 0.25) is 0 Å². The molecule has 0 radical (unpaired) electrons. The van der Waals surface area contributed by atoms with Gasteiger partial charge in [-0.15, -0.1) is 0 Å². The number of amides is 1. The summed E-state index contributed by atoms with van der Waals surface area (Å²) in [5, 5.41) is 14.4. The molecule has 21 heavy (non-hydrogen) atoms. The van der Waals surface area contributed by atoms with Crippen molar-refractivity contribution in [2.24, 2.45) is 0 Å². The van der Waals surface area contributed by atoms with E-state index in [2.05, 4.69) is 10.3 Å². The molecule has 0 aliphatic heterocycles. The van der Waals surface area contributed by atoms with Crippen LogP contribution in [-0.2, 0) is 0 Å². The first-order valence-corrected chi connectivity index (χ1v) is 7.75. The predicted octanol–water partition coefficient (Wildman–Crippen LogP) is 2.98. The highest BCUT2D eigenvalue weighted by Crippen LogP contribution is 2.26. The summed E-state index contributed by atoms with van der Waals surface area (Å²) in [5.74, 6) is -0.113. The fourth-order valence-corrected chi connectivity index (χ4v) is 3.19. The van der Waals surface area contributed by atoms with E-state index in [1.54, 1.807) is 0 Å². The van der Waals surface area contributed by atoms with Crippen molar-refractivity contribution in [3.05, 3.63) is 36.0 Å². The Kier molecular flexibility index (Phi) is 3.97. The van der Waals surface area contributed by atoms with Crippen LogP contribution in [0.25, 0.3) is 10.9 Å². The topological polar surface area (TPSA) is 65.1 Å². The second kappa shape index (κ2) is 5.90. The molecule has 112 valence electrons. The van der Waals surface area contributed by atoms with Crippen LogP contribution in [0.1, 0.15) is 48.9 Å². The summed E-state index contributed by atoms with van der Waals surface area (Å²) in [6, 6.07) is 7.55. The maximum absolute atomic E-state index is 12.4. The van der Waals surface area contributed by atoms with Gasteiger partial charge in [-0.3, -0.25) is 4.79 Å². The number of carbonyl (C=O) groups excluding carboxylic acids is 1. The largest absolute Gasteiger partial charge is 0.388 e. The molecule has 1 aromatic heterocycles. The van der Waals surface area contributed by atoms with Gasteiger partial charge in [0.2, 0.25) is 0 Å². The molecule has 0 saturated heterocycles. The van der Waals surface area contributed by atoms with Crippen molar-refractivity contribution in [1.82, 2.24) is 10.3 Å². The van der Waals surface area contributed by atoms with E-state index in [9.17, 15) is 9.90 Å². The zero-order valence-electron chi connectivity index (χ0n) is 12.2. The van der Waals surface area contributed by atoms with Crippen molar-refractivity contribution in [3.63, 3.8) is 0 Å². The summed E-state index contributed by atoms with van der Waals surface area (Å²) in [7, 11) is 0. The number of fused-ring (bicyclic) bond motifs is 1. The number of hydrogen-bond donors (Lipinski definition) is 3. The number of benzene rings is 1. The second-order valence-electron chi connectivity index (χ2n) is 6.07. The van der Waals surface area contributed by atoms with Crippen LogP contribution in [0.5, 0.6) is 0 Å². The fraction of sp³-hybridized carbons (Fsp3) is 0.471. The number of H-pyrrole nitrogens is 1. The minimum atomic E-state index is -0.738. The SMILES string of the molecule is O=C(NCC1(O)CCCCCC1)c1cccc2[nH]ccc12. The zero-order chi connectivity index (χ0) is 14.7. The monoisotopic (exact) mass is 286 g/mol. The molecule has 0 unspecified atom stereocenters. The molecule has 1 aliphatic carbocycles. The number of nitrogens with one attached hydrogen (secondary N) is 2. The van der Waals surface area contributed by atoms with E-state index in [-0.39, 0.29) is 5.91 Å². The van der Waals surface area contributed by atoms with Crippen LogP contribution < -0.4 is 5.32 Å². The molecule has 0 spiro atoms. The minimum Gasteiger partial charge on any atom is -0.388 e. The summed E-state index contributed by atoms with van der Waals surface area (Å²) in [6.07, 6.45) is 7.83. The number of carbonyl (C=O) groups is 1. The molecule has 2 aromatic rings. The number of hydrogen-bond acceptors (Lipinski definition) is 2. The Morgan fingerprint density at radius 1 is 1.19 bits per heavy atom. The third-order valence-corrected chi connectivity index (χ3v) is 4.45. The van der Waals surface area contributed by atoms with Crippen LogP contribution in [0, 0.1) is 0 Å². The van der Waals surface area contributed by atoms with Crippen LogP contribution >= 0.6 is 0 Å². The van der Waals surface area contributed by atoms with Gasteiger partial charge in [-0.1, -0.05) is 31.7 Å². The first-order chi connectivity index (χ1) is 10.2. The van der Waals surface area contributed by atoms with E-state index in [0.717, 1.165) is 36.6 Å². The highest BCUT2D eigenvalue weighted by atomic mass is 16.3. The first kappa shape index (κ1) is 14.1. The van der Waals surface area contributed by atoms with Crippen LogP contribution in [0.15, 0.2) is 30.5 Å². The van der Waals surface area contributed by atoms with Crippen molar-refractivity contribution in [2.45, 2.75) is 44.1 Å². The maximum Gasteiger partial charge on any atom is 0.252 e. The van der Waals surface area contributed by atoms with E-state index in [0.29, 0.717) is 12.1 Å². The molecule has 0 bridgehead atoms. The summed E-state index contributed by atoms with van der Waals surface area (Å²) < 4.78 is 0. The smallest absolute Gasteiger partial charge is 0.252 e. The molecule has 3 N–H and O–H groups in total. The van der Waals surface area contributed by atoms with Gasteiger partial charge in [-0.05, 0) is 31.0 Å². The minimum absolute atomic E-state index is 0.113. The molecule has 1 aliphatic rings. The summed E-state index contributed by atoms with van der Waals surface area (Å²) >= 11 is 0. The molecule has 1 aromatic carbocycles. The van der Waals surface area contributed by atoms with Gasteiger partial charge >= 0.3 is 0 Å². The number of aromatic amines is 1. The lowest BCUT2D eigenvalue weighted by Crippen LogP contribution is -2.42. The van der Waals surface area contributed by atoms with Crippen LogP contribution in [-0.4, -0.2) is 28.1 Å². The lowest BCUT2D eigenvalue weighted by Gasteiger charge is -2.26. The average Bonchev–Trinajstić information content (AvgIpc) is 2.87. The molecule has 4 nitrogen and oxygen atoms in total. The third-order valence-electron chi connectivity index (χ3n) is 4.45. The summed E-state index contributed by atoms with van der Waals surface area (Å²) in [5.41, 5.74) is 0.875. The van der Waals surface area contributed by atoms with Crippen LogP contribution in [0.3, 0.4) is 0 Å². The molecule has 1 heterocycles. The summed E-state index contributed by atoms with van der Waals surface area (Å²) in [4.78, 5) is 15.5. The van der Waals surface area contributed by atoms with Gasteiger partial charge in [0, 0.05) is 29.2 Å². The van der Waals surface area contributed by atoms with E-state index in [4.69, 9.17) is 0 Å². The second-order valence-corrected chi connectivity index (χ2v) is 6.07. The Balaban J connectivity index is 1.70. The molecule has 1 saturated carbocycles. The van der Waals surface area contributed by atoms with Crippen molar-refractivity contribution >= 4 is 16.8 Å². The normalized spacial score (nSPS) is 18.3. The molecule has 1 amide bonds. The molecular formula is C17H22N2O2. The van der Waals surface area contributed by atoms with Crippen molar-refractivity contribution in [1.29, 1.82) is 0 Å². The molecule has 3 rings (SSSR count). The summed E-state index contributed by atoms with van der Waals surface area (Å²) in [6.45, 7) is 0.340. The van der Waals surface area contributed by atoms with Gasteiger partial charge in [0.25, 0.3) is 5.91 Å². The fourth-order valence-electron chi connectivity index (χ4n) is 3.19. The van der Waals surface area contributed by atoms with E-state index >= 15 is 0 Å². The van der Waals surface area contributed by atoms with Gasteiger partial charge in [0.1, 0.15) is 0 Å². The Morgan fingerprint density at radius 2 is 1.95 bits per heavy atom. The van der Waals surface area contributed by atoms with Crippen molar-refractivity contribution in [2.75, 3.05) is 6.54 Å².